The van der Waals surface area contributed by atoms with Gasteiger partial charge in [0.15, 0.2) is 0 Å². The Bertz CT molecular complexity index is 738. The summed E-state index contributed by atoms with van der Waals surface area (Å²) >= 11 is 0. The first kappa shape index (κ1) is 13.7. The van der Waals surface area contributed by atoms with E-state index in [1.165, 1.54) is 0 Å². The lowest BCUT2D eigenvalue weighted by molar-refractivity contribution is 0.369. The molecular formula is C16H18N4O. The van der Waals surface area contributed by atoms with Crippen LogP contribution in [-0.4, -0.2) is 28.2 Å². The number of nitrogens with zero attached hydrogens (tertiary/aromatic N) is 3. The zero-order chi connectivity index (χ0) is 14.7. The van der Waals surface area contributed by atoms with Gasteiger partial charge in [-0.3, -0.25) is 4.98 Å². The molecule has 21 heavy (non-hydrogen) atoms. The molecule has 0 fully saturated rings. The normalized spacial score (nSPS) is 12.7. The molecule has 0 aliphatic carbocycles. The summed E-state index contributed by atoms with van der Waals surface area (Å²) in [6.07, 6.45) is 3.54. The minimum absolute atomic E-state index is 0.437. The summed E-state index contributed by atoms with van der Waals surface area (Å²) in [7, 11) is 1.95. The van der Waals surface area contributed by atoms with Crippen molar-refractivity contribution in [2.45, 2.75) is 25.8 Å². The Morgan fingerprint density at radius 2 is 2.19 bits per heavy atom. The second kappa shape index (κ2) is 6.01. The summed E-state index contributed by atoms with van der Waals surface area (Å²) in [6.45, 7) is 2.13. The Labute approximate surface area is 123 Å². The van der Waals surface area contributed by atoms with Gasteiger partial charge in [0.2, 0.25) is 11.7 Å². The molecule has 0 spiro atoms. The molecule has 3 rings (SSSR count). The molecular weight excluding hydrogens is 264 g/mol. The Morgan fingerprint density at radius 3 is 3.05 bits per heavy atom. The quantitative estimate of drug-likeness (QED) is 0.779. The van der Waals surface area contributed by atoms with E-state index in [2.05, 4.69) is 27.4 Å². The number of nitrogens with one attached hydrogen (secondary N) is 1. The van der Waals surface area contributed by atoms with Crippen LogP contribution >= 0.6 is 0 Å². The van der Waals surface area contributed by atoms with Crippen LogP contribution < -0.4 is 5.32 Å². The molecule has 1 atom stereocenters. The van der Waals surface area contributed by atoms with Gasteiger partial charge in [-0.1, -0.05) is 11.2 Å². The highest BCUT2D eigenvalue weighted by Crippen LogP contribution is 2.21. The Kier molecular flexibility index (Phi) is 3.92. The number of rotatable bonds is 5. The van der Waals surface area contributed by atoms with E-state index in [9.17, 15) is 0 Å². The van der Waals surface area contributed by atoms with Gasteiger partial charge in [-0.15, -0.1) is 0 Å². The van der Waals surface area contributed by atoms with Crippen LogP contribution in [0.4, 0.5) is 0 Å². The van der Waals surface area contributed by atoms with Crippen LogP contribution in [0.5, 0.6) is 0 Å². The molecule has 0 saturated carbocycles. The van der Waals surface area contributed by atoms with E-state index in [1.807, 2.05) is 37.4 Å². The standard InChI is InChI=1S/C16H18N4O/c1-11(17-2)5-8-15-19-16(20-21-15)13-6-7-14-12(10-13)4-3-9-18-14/h3-4,6-7,9-11,17H,5,8H2,1-2H3. The van der Waals surface area contributed by atoms with Crippen molar-refractivity contribution >= 4 is 10.9 Å². The molecule has 1 aromatic carbocycles. The first-order valence-electron chi connectivity index (χ1n) is 7.11. The topological polar surface area (TPSA) is 63.8 Å². The van der Waals surface area contributed by atoms with Gasteiger partial charge in [0.1, 0.15) is 0 Å². The molecule has 108 valence electrons. The van der Waals surface area contributed by atoms with Crippen molar-refractivity contribution in [3.8, 4) is 11.4 Å². The molecule has 1 N–H and O–H groups in total. The molecule has 1 unspecified atom stereocenters. The van der Waals surface area contributed by atoms with Crippen LogP contribution in [0.1, 0.15) is 19.2 Å². The van der Waals surface area contributed by atoms with Gasteiger partial charge >= 0.3 is 0 Å². The number of aryl methyl sites for hydroxylation is 1. The predicted octanol–water partition coefficient (Wildman–Crippen LogP) is 2.83. The fourth-order valence-corrected chi connectivity index (χ4v) is 2.17. The monoisotopic (exact) mass is 282 g/mol. The van der Waals surface area contributed by atoms with Crippen LogP contribution in [0.2, 0.25) is 0 Å². The van der Waals surface area contributed by atoms with Crippen LogP contribution in [-0.2, 0) is 6.42 Å². The van der Waals surface area contributed by atoms with E-state index in [-0.39, 0.29) is 0 Å². The minimum Gasteiger partial charge on any atom is -0.339 e. The Morgan fingerprint density at radius 1 is 1.29 bits per heavy atom. The molecule has 5 nitrogen and oxygen atoms in total. The maximum atomic E-state index is 5.32. The van der Waals surface area contributed by atoms with Crippen molar-refractivity contribution in [1.29, 1.82) is 0 Å². The summed E-state index contributed by atoms with van der Waals surface area (Å²) in [5, 5.41) is 8.34. The number of hydrogen-bond donors (Lipinski definition) is 1. The highest BCUT2D eigenvalue weighted by atomic mass is 16.5. The van der Waals surface area contributed by atoms with E-state index in [0.717, 1.165) is 29.3 Å². The van der Waals surface area contributed by atoms with Gasteiger partial charge in [0.25, 0.3) is 0 Å². The average Bonchev–Trinajstić information content (AvgIpc) is 3.01. The van der Waals surface area contributed by atoms with Gasteiger partial charge in [-0.25, -0.2) is 0 Å². The highest BCUT2D eigenvalue weighted by molar-refractivity contribution is 5.82. The molecule has 5 heteroatoms. The third-order valence-electron chi connectivity index (χ3n) is 3.61. The fourth-order valence-electron chi connectivity index (χ4n) is 2.17. The zero-order valence-electron chi connectivity index (χ0n) is 12.2. The van der Waals surface area contributed by atoms with Gasteiger partial charge < -0.3 is 9.84 Å². The minimum atomic E-state index is 0.437. The molecule has 0 aliphatic heterocycles. The number of benzene rings is 1. The molecule has 0 aliphatic rings. The Hall–Kier alpha value is -2.27. The van der Waals surface area contributed by atoms with Crippen LogP contribution in [0.25, 0.3) is 22.3 Å². The highest BCUT2D eigenvalue weighted by Gasteiger charge is 2.10. The van der Waals surface area contributed by atoms with Crippen LogP contribution in [0, 0.1) is 0 Å². The maximum Gasteiger partial charge on any atom is 0.227 e. The fraction of sp³-hybridized carbons (Fsp3) is 0.312. The maximum absolute atomic E-state index is 5.32. The summed E-state index contributed by atoms with van der Waals surface area (Å²) in [5.41, 5.74) is 1.92. The lowest BCUT2D eigenvalue weighted by atomic mass is 10.1. The van der Waals surface area contributed by atoms with Crippen molar-refractivity contribution in [3.05, 3.63) is 42.4 Å². The number of hydrogen-bond acceptors (Lipinski definition) is 5. The summed E-state index contributed by atoms with van der Waals surface area (Å²) in [5.74, 6) is 1.31. The van der Waals surface area contributed by atoms with E-state index < -0.39 is 0 Å². The third kappa shape index (κ3) is 3.08. The lowest BCUT2D eigenvalue weighted by Crippen LogP contribution is -2.21. The zero-order valence-corrected chi connectivity index (χ0v) is 12.2. The van der Waals surface area contributed by atoms with E-state index in [0.29, 0.717) is 17.8 Å². The van der Waals surface area contributed by atoms with Crippen molar-refractivity contribution in [1.82, 2.24) is 20.4 Å². The molecule has 0 bridgehead atoms. The van der Waals surface area contributed by atoms with Crippen LogP contribution in [0.15, 0.2) is 41.1 Å². The first-order valence-corrected chi connectivity index (χ1v) is 7.11. The SMILES string of the molecule is CNC(C)CCc1nc(-c2ccc3ncccc3c2)no1. The van der Waals surface area contributed by atoms with Crippen molar-refractivity contribution in [3.63, 3.8) is 0 Å². The van der Waals surface area contributed by atoms with Crippen LogP contribution in [0.3, 0.4) is 0 Å². The van der Waals surface area contributed by atoms with Crippen molar-refractivity contribution in [2.24, 2.45) is 0 Å². The summed E-state index contributed by atoms with van der Waals surface area (Å²) < 4.78 is 5.32. The Balaban J connectivity index is 1.81. The van der Waals surface area contributed by atoms with Crippen molar-refractivity contribution in [2.75, 3.05) is 7.05 Å². The second-order valence-electron chi connectivity index (χ2n) is 5.15. The predicted molar refractivity (Wildman–Crippen MR) is 81.9 cm³/mol. The molecule has 0 amide bonds. The average molecular weight is 282 g/mol. The number of pyridine rings is 1. The van der Waals surface area contributed by atoms with Gasteiger partial charge in [0.05, 0.1) is 5.52 Å². The molecule has 0 radical (unpaired) electrons. The molecule has 2 heterocycles. The lowest BCUT2D eigenvalue weighted by Gasteiger charge is -2.06. The van der Waals surface area contributed by atoms with E-state index in [1.54, 1.807) is 6.20 Å². The van der Waals surface area contributed by atoms with E-state index >= 15 is 0 Å². The first-order chi connectivity index (χ1) is 10.3. The van der Waals surface area contributed by atoms with Gasteiger partial charge in [-0.05, 0) is 44.7 Å². The van der Waals surface area contributed by atoms with Gasteiger partial charge in [-0.2, -0.15) is 4.98 Å². The summed E-state index contributed by atoms with van der Waals surface area (Å²) in [6, 6.07) is 10.4. The molecule has 0 saturated heterocycles. The van der Waals surface area contributed by atoms with Gasteiger partial charge in [0, 0.05) is 29.6 Å². The van der Waals surface area contributed by atoms with Crippen molar-refractivity contribution < 1.29 is 4.52 Å². The largest absolute Gasteiger partial charge is 0.339 e. The second-order valence-corrected chi connectivity index (χ2v) is 5.15. The summed E-state index contributed by atoms with van der Waals surface area (Å²) in [4.78, 5) is 8.78. The molecule has 3 aromatic rings. The molecule has 2 aromatic heterocycles. The third-order valence-corrected chi connectivity index (χ3v) is 3.61. The smallest absolute Gasteiger partial charge is 0.227 e. The number of aromatic nitrogens is 3. The van der Waals surface area contributed by atoms with E-state index in [4.69, 9.17) is 4.52 Å². The number of fused-ring (bicyclic) bond motifs is 1.